The lowest BCUT2D eigenvalue weighted by Gasteiger charge is -2.24. The number of carbonyl (C=O) groups excluding carboxylic acids is 1. The third-order valence-electron chi connectivity index (χ3n) is 4.54. The van der Waals surface area contributed by atoms with Crippen LogP contribution in [0.2, 0.25) is 0 Å². The van der Waals surface area contributed by atoms with E-state index in [1.165, 1.54) is 0 Å². The van der Waals surface area contributed by atoms with Gasteiger partial charge in [-0.15, -0.1) is 0 Å². The van der Waals surface area contributed by atoms with Crippen molar-refractivity contribution in [1.82, 2.24) is 14.9 Å². The molecule has 0 radical (unpaired) electrons. The Morgan fingerprint density at radius 2 is 2.21 bits per heavy atom. The lowest BCUT2D eigenvalue weighted by molar-refractivity contribution is 0.0561. The highest BCUT2D eigenvalue weighted by atomic mass is 16.5. The molecule has 6 nitrogen and oxygen atoms in total. The number of carbonyl (C=O) groups is 1. The number of hydrogen-bond acceptors (Lipinski definition) is 5. The van der Waals surface area contributed by atoms with Gasteiger partial charge in [0.25, 0.3) is 5.91 Å². The van der Waals surface area contributed by atoms with Gasteiger partial charge in [-0.1, -0.05) is 13.0 Å². The SMILES string of the molecule is CCOCC1CCCN1C(=O)c1nc(N)nc2ccc(CC)cc12. The predicted molar refractivity (Wildman–Crippen MR) is 93.9 cm³/mol. The lowest BCUT2D eigenvalue weighted by atomic mass is 10.1. The molecular formula is C18H24N4O2. The molecule has 1 saturated heterocycles. The van der Waals surface area contributed by atoms with Crippen molar-refractivity contribution in [3.63, 3.8) is 0 Å². The summed E-state index contributed by atoms with van der Waals surface area (Å²) in [4.78, 5) is 23.5. The first-order chi connectivity index (χ1) is 11.6. The van der Waals surface area contributed by atoms with Gasteiger partial charge in [0.2, 0.25) is 5.95 Å². The van der Waals surface area contributed by atoms with Gasteiger partial charge in [-0.2, -0.15) is 0 Å². The summed E-state index contributed by atoms with van der Waals surface area (Å²) in [7, 11) is 0. The zero-order valence-electron chi connectivity index (χ0n) is 14.3. The minimum atomic E-state index is -0.0791. The molecule has 1 aromatic heterocycles. The number of rotatable bonds is 5. The van der Waals surface area contributed by atoms with Crippen LogP contribution in [0.5, 0.6) is 0 Å². The molecule has 2 N–H and O–H groups in total. The second-order valence-electron chi connectivity index (χ2n) is 6.09. The summed E-state index contributed by atoms with van der Waals surface area (Å²) in [6.45, 7) is 6.00. The van der Waals surface area contributed by atoms with Gasteiger partial charge in [-0.05, 0) is 43.9 Å². The fourth-order valence-corrected chi connectivity index (χ4v) is 3.24. The van der Waals surface area contributed by atoms with Crippen molar-refractivity contribution in [3.8, 4) is 0 Å². The van der Waals surface area contributed by atoms with E-state index in [0.717, 1.165) is 36.8 Å². The Balaban J connectivity index is 1.99. The van der Waals surface area contributed by atoms with Crippen LogP contribution in [-0.2, 0) is 11.2 Å². The van der Waals surface area contributed by atoms with Crippen molar-refractivity contribution in [2.24, 2.45) is 0 Å². The summed E-state index contributed by atoms with van der Waals surface area (Å²) in [5, 5.41) is 0.774. The Kier molecular flexibility index (Phi) is 4.94. The van der Waals surface area contributed by atoms with E-state index in [1.54, 1.807) is 0 Å². The van der Waals surface area contributed by atoms with Gasteiger partial charge < -0.3 is 15.4 Å². The quantitative estimate of drug-likeness (QED) is 0.911. The van der Waals surface area contributed by atoms with Gasteiger partial charge in [0.15, 0.2) is 0 Å². The summed E-state index contributed by atoms with van der Waals surface area (Å²) in [5.41, 5.74) is 8.09. The number of nitrogen functional groups attached to an aromatic ring is 1. The van der Waals surface area contributed by atoms with Gasteiger partial charge in [-0.3, -0.25) is 4.79 Å². The number of aryl methyl sites for hydroxylation is 1. The maximum atomic E-state index is 13.1. The maximum Gasteiger partial charge on any atom is 0.273 e. The molecule has 2 aromatic rings. The molecule has 6 heteroatoms. The highest BCUT2D eigenvalue weighted by Gasteiger charge is 2.31. The van der Waals surface area contributed by atoms with Crippen molar-refractivity contribution in [1.29, 1.82) is 0 Å². The summed E-state index contributed by atoms with van der Waals surface area (Å²) >= 11 is 0. The number of likely N-dealkylation sites (tertiary alicyclic amines) is 1. The fraction of sp³-hybridized carbons (Fsp3) is 0.500. The van der Waals surface area contributed by atoms with Crippen LogP contribution < -0.4 is 5.73 Å². The molecule has 1 atom stereocenters. The topological polar surface area (TPSA) is 81.3 Å². The van der Waals surface area contributed by atoms with Gasteiger partial charge in [0.05, 0.1) is 18.2 Å². The second kappa shape index (κ2) is 7.13. The van der Waals surface area contributed by atoms with Crippen LogP contribution in [0.15, 0.2) is 18.2 Å². The Bertz CT molecular complexity index is 747. The number of fused-ring (bicyclic) bond motifs is 1. The maximum absolute atomic E-state index is 13.1. The van der Waals surface area contributed by atoms with Crippen LogP contribution in [0, 0.1) is 0 Å². The summed E-state index contributed by atoms with van der Waals surface area (Å²) < 4.78 is 5.53. The van der Waals surface area contributed by atoms with Crippen molar-refractivity contribution in [3.05, 3.63) is 29.5 Å². The van der Waals surface area contributed by atoms with Crippen LogP contribution in [-0.4, -0.2) is 46.6 Å². The van der Waals surface area contributed by atoms with Gasteiger partial charge >= 0.3 is 0 Å². The second-order valence-corrected chi connectivity index (χ2v) is 6.09. The molecule has 0 spiro atoms. The number of nitrogens with zero attached hydrogens (tertiary/aromatic N) is 3. The molecule has 0 aliphatic carbocycles. The van der Waals surface area contributed by atoms with Crippen molar-refractivity contribution in [2.45, 2.75) is 39.2 Å². The molecule has 1 amide bonds. The third kappa shape index (κ3) is 3.19. The first kappa shape index (κ1) is 16.6. The first-order valence-corrected chi connectivity index (χ1v) is 8.58. The number of amides is 1. The van der Waals surface area contributed by atoms with E-state index in [9.17, 15) is 4.79 Å². The number of aromatic nitrogens is 2. The summed E-state index contributed by atoms with van der Waals surface area (Å²) in [6.07, 6.45) is 2.84. The Morgan fingerprint density at radius 1 is 1.38 bits per heavy atom. The smallest absolute Gasteiger partial charge is 0.273 e. The van der Waals surface area contributed by atoms with E-state index in [1.807, 2.05) is 30.0 Å². The Labute approximate surface area is 142 Å². The molecule has 3 rings (SSSR count). The molecular weight excluding hydrogens is 304 g/mol. The average molecular weight is 328 g/mol. The van der Waals surface area contributed by atoms with E-state index in [-0.39, 0.29) is 17.9 Å². The van der Waals surface area contributed by atoms with E-state index in [2.05, 4.69) is 16.9 Å². The molecule has 0 bridgehead atoms. The van der Waals surface area contributed by atoms with Crippen LogP contribution in [0.3, 0.4) is 0 Å². The van der Waals surface area contributed by atoms with Gasteiger partial charge in [0, 0.05) is 18.5 Å². The minimum Gasteiger partial charge on any atom is -0.380 e. The molecule has 128 valence electrons. The highest BCUT2D eigenvalue weighted by molar-refractivity contribution is 6.05. The molecule has 24 heavy (non-hydrogen) atoms. The molecule has 1 aliphatic heterocycles. The van der Waals surface area contributed by atoms with E-state index >= 15 is 0 Å². The summed E-state index contributed by atoms with van der Waals surface area (Å²) in [6, 6.07) is 6.02. The molecule has 0 saturated carbocycles. The molecule has 1 aromatic carbocycles. The van der Waals surface area contributed by atoms with Crippen LogP contribution in [0.25, 0.3) is 10.9 Å². The highest BCUT2D eigenvalue weighted by Crippen LogP contribution is 2.25. The summed E-state index contributed by atoms with van der Waals surface area (Å²) in [5.74, 6) is 0.0557. The third-order valence-corrected chi connectivity index (χ3v) is 4.54. The van der Waals surface area contributed by atoms with E-state index in [4.69, 9.17) is 10.5 Å². The number of ether oxygens (including phenoxy) is 1. The number of benzene rings is 1. The standard InChI is InChI=1S/C18H24N4O2/c1-3-12-7-8-15-14(10-12)16(21-18(19)20-15)17(23)22-9-5-6-13(22)11-24-4-2/h7-8,10,13H,3-6,9,11H2,1-2H3,(H2,19,20,21). The Hall–Kier alpha value is -2.21. The number of anilines is 1. The van der Waals surface area contributed by atoms with Crippen molar-refractivity contribution in [2.75, 3.05) is 25.5 Å². The van der Waals surface area contributed by atoms with E-state index in [0.29, 0.717) is 24.4 Å². The Morgan fingerprint density at radius 3 is 2.96 bits per heavy atom. The number of hydrogen-bond donors (Lipinski definition) is 1. The van der Waals surface area contributed by atoms with Gasteiger partial charge in [0.1, 0.15) is 5.69 Å². The molecule has 2 heterocycles. The minimum absolute atomic E-state index is 0.0791. The normalized spacial score (nSPS) is 17.6. The van der Waals surface area contributed by atoms with Crippen molar-refractivity contribution >= 4 is 22.8 Å². The van der Waals surface area contributed by atoms with E-state index < -0.39 is 0 Å². The van der Waals surface area contributed by atoms with Crippen molar-refractivity contribution < 1.29 is 9.53 Å². The molecule has 1 fully saturated rings. The lowest BCUT2D eigenvalue weighted by Crippen LogP contribution is -2.39. The van der Waals surface area contributed by atoms with Gasteiger partial charge in [-0.25, -0.2) is 9.97 Å². The molecule has 1 unspecified atom stereocenters. The largest absolute Gasteiger partial charge is 0.380 e. The van der Waals surface area contributed by atoms with Crippen LogP contribution >= 0.6 is 0 Å². The zero-order valence-corrected chi connectivity index (χ0v) is 14.3. The monoisotopic (exact) mass is 328 g/mol. The fourth-order valence-electron chi connectivity index (χ4n) is 3.24. The predicted octanol–water partition coefficient (Wildman–Crippen LogP) is 2.42. The molecule has 1 aliphatic rings. The first-order valence-electron chi connectivity index (χ1n) is 8.58. The van der Waals surface area contributed by atoms with Crippen LogP contribution in [0.1, 0.15) is 42.7 Å². The number of nitrogens with two attached hydrogens (primary N) is 1. The zero-order chi connectivity index (χ0) is 17.1. The average Bonchev–Trinajstić information content (AvgIpc) is 3.06. The van der Waals surface area contributed by atoms with Crippen LogP contribution in [0.4, 0.5) is 5.95 Å².